The number of nitrogens with zero attached hydrogens (tertiary/aromatic N) is 1. The lowest BCUT2D eigenvalue weighted by Crippen LogP contribution is -2.31. The Morgan fingerprint density at radius 3 is 2.28 bits per heavy atom. The maximum absolute atomic E-state index is 13.4. The van der Waals surface area contributed by atoms with Gasteiger partial charge in [-0.1, -0.05) is 25.1 Å². The number of imide groups is 1. The van der Waals surface area contributed by atoms with E-state index in [1.165, 1.54) is 23.8 Å². The summed E-state index contributed by atoms with van der Waals surface area (Å²) in [5.41, 5.74) is 1.40. The van der Waals surface area contributed by atoms with Gasteiger partial charge in [-0.3, -0.25) is 9.59 Å². The first-order chi connectivity index (χ1) is 14.1. The average Bonchev–Trinajstić information content (AvgIpc) is 2.98. The van der Waals surface area contributed by atoms with Crippen molar-refractivity contribution in [3.05, 3.63) is 52.9 Å². The Morgan fingerprint density at radius 1 is 0.897 bits per heavy atom. The number of carbonyl (C=O) groups is 2. The second kappa shape index (κ2) is 9.05. The quantitative estimate of drug-likeness (QED) is 0.606. The lowest BCUT2D eigenvalue weighted by molar-refractivity contribution is -0.119. The predicted molar refractivity (Wildman–Crippen MR) is 115 cm³/mol. The highest BCUT2D eigenvalue weighted by Gasteiger charge is 2.41. The van der Waals surface area contributed by atoms with Gasteiger partial charge in [0.1, 0.15) is 5.75 Å². The molecular weight excluding hydrogens is 390 g/mol. The van der Waals surface area contributed by atoms with Gasteiger partial charge >= 0.3 is 0 Å². The fraction of sp³-hybridized carbons (Fsp3) is 0.273. The van der Waals surface area contributed by atoms with Gasteiger partial charge in [0.15, 0.2) is 11.5 Å². The smallest absolute Gasteiger partial charge is 0.272 e. The van der Waals surface area contributed by atoms with Crippen molar-refractivity contribution in [2.24, 2.45) is 0 Å². The standard InChI is InChI=1S/C22H23NO5S/c1-5-28-16-10-8-7-9-15(16)23-21(24)19(20(22(23)25)29-6-2)14-11-12-17(26-3)18(13-14)27-4/h7-13H,5-6H2,1-4H3. The fourth-order valence-electron chi connectivity index (χ4n) is 3.17. The van der Waals surface area contributed by atoms with Gasteiger partial charge in [0.25, 0.3) is 11.8 Å². The monoisotopic (exact) mass is 413 g/mol. The van der Waals surface area contributed by atoms with E-state index < -0.39 is 0 Å². The zero-order valence-electron chi connectivity index (χ0n) is 16.9. The first-order valence-corrected chi connectivity index (χ1v) is 10.3. The Labute approximate surface area is 174 Å². The van der Waals surface area contributed by atoms with Crippen molar-refractivity contribution in [3.8, 4) is 17.2 Å². The molecule has 0 spiro atoms. The number of para-hydroxylation sites is 2. The molecule has 1 heterocycles. The van der Waals surface area contributed by atoms with Crippen LogP contribution in [0.1, 0.15) is 19.4 Å². The summed E-state index contributed by atoms with van der Waals surface area (Å²) < 4.78 is 16.3. The van der Waals surface area contributed by atoms with Gasteiger partial charge in [0, 0.05) is 0 Å². The van der Waals surface area contributed by atoms with E-state index in [1.807, 2.05) is 19.9 Å². The van der Waals surface area contributed by atoms with Gasteiger partial charge in [-0.25, -0.2) is 4.90 Å². The number of hydrogen-bond donors (Lipinski definition) is 0. The number of hydrogen-bond acceptors (Lipinski definition) is 6. The average molecular weight is 413 g/mol. The highest BCUT2D eigenvalue weighted by atomic mass is 32.2. The molecule has 1 aliphatic heterocycles. The molecule has 0 atom stereocenters. The summed E-state index contributed by atoms with van der Waals surface area (Å²) >= 11 is 1.35. The topological polar surface area (TPSA) is 65.1 Å². The van der Waals surface area contributed by atoms with Gasteiger partial charge in [-0.05, 0) is 42.5 Å². The van der Waals surface area contributed by atoms with Crippen molar-refractivity contribution >= 4 is 34.8 Å². The van der Waals surface area contributed by atoms with E-state index in [-0.39, 0.29) is 11.8 Å². The van der Waals surface area contributed by atoms with E-state index >= 15 is 0 Å². The second-order valence-electron chi connectivity index (χ2n) is 6.05. The summed E-state index contributed by atoms with van der Waals surface area (Å²) in [4.78, 5) is 28.3. The Morgan fingerprint density at radius 2 is 1.62 bits per heavy atom. The second-order valence-corrected chi connectivity index (χ2v) is 7.33. The Balaban J connectivity index is 2.12. The third kappa shape index (κ3) is 3.82. The van der Waals surface area contributed by atoms with E-state index in [2.05, 4.69) is 0 Å². The maximum Gasteiger partial charge on any atom is 0.272 e. The number of rotatable bonds is 8. The van der Waals surface area contributed by atoms with Crippen LogP contribution in [0.15, 0.2) is 47.4 Å². The summed E-state index contributed by atoms with van der Waals surface area (Å²) in [7, 11) is 3.08. The number of thioether (sulfide) groups is 1. The molecule has 2 aromatic rings. The van der Waals surface area contributed by atoms with Crippen molar-refractivity contribution in [2.45, 2.75) is 13.8 Å². The Bertz CT molecular complexity index is 969. The number of carbonyl (C=O) groups excluding carboxylic acids is 2. The molecule has 0 N–H and O–H groups in total. The molecule has 7 heteroatoms. The van der Waals surface area contributed by atoms with Gasteiger partial charge in [0.05, 0.1) is 37.0 Å². The van der Waals surface area contributed by atoms with Crippen LogP contribution in [-0.2, 0) is 9.59 Å². The molecule has 0 aromatic heterocycles. The van der Waals surface area contributed by atoms with Gasteiger partial charge in [-0.15, -0.1) is 11.8 Å². The lowest BCUT2D eigenvalue weighted by atomic mass is 10.1. The predicted octanol–water partition coefficient (Wildman–Crippen LogP) is 4.14. The highest BCUT2D eigenvalue weighted by Crippen LogP contribution is 2.42. The summed E-state index contributed by atoms with van der Waals surface area (Å²) in [6, 6.07) is 12.3. The zero-order chi connectivity index (χ0) is 21.0. The lowest BCUT2D eigenvalue weighted by Gasteiger charge is -2.19. The molecule has 0 fully saturated rings. The number of amides is 2. The number of methoxy groups -OCH3 is 2. The van der Waals surface area contributed by atoms with Gasteiger partial charge < -0.3 is 14.2 Å². The minimum atomic E-state index is -0.384. The first kappa shape index (κ1) is 20.8. The molecule has 0 saturated carbocycles. The van der Waals surface area contributed by atoms with Crippen LogP contribution in [0.5, 0.6) is 17.2 Å². The highest BCUT2D eigenvalue weighted by molar-refractivity contribution is 8.04. The number of anilines is 1. The molecular formula is C22H23NO5S. The molecule has 0 unspecified atom stereocenters. The van der Waals surface area contributed by atoms with Crippen LogP contribution < -0.4 is 19.1 Å². The van der Waals surface area contributed by atoms with Crippen molar-refractivity contribution in [1.82, 2.24) is 0 Å². The summed E-state index contributed by atoms with van der Waals surface area (Å²) in [5, 5.41) is 0. The van der Waals surface area contributed by atoms with Crippen LogP contribution in [0.25, 0.3) is 5.57 Å². The minimum absolute atomic E-state index is 0.348. The normalized spacial score (nSPS) is 13.9. The molecule has 2 aromatic carbocycles. The maximum atomic E-state index is 13.4. The largest absolute Gasteiger partial charge is 0.493 e. The molecule has 0 radical (unpaired) electrons. The Hall–Kier alpha value is -2.93. The number of ether oxygens (including phenoxy) is 3. The molecule has 0 aliphatic carbocycles. The van der Waals surface area contributed by atoms with Crippen LogP contribution in [0.2, 0.25) is 0 Å². The van der Waals surface area contributed by atoms with Crippen LogP contribution in [-0.4, -0.2) is 38.4 Å². The van der Waals surface area contributed by atoms with Crippen LogP contribution in [0.4, 0.5) is 5.69 Å². The molecule has 0 saturated heterocycles. The van der Waals surface area contributed by atoms with Crippen molar-refractivity contribution in [2.75, 3.05) is 31.5 Å². The molecule has 6 nitrogen and oxygen atoms in total. The molecule has 3 rings (SSSR count). The molecule has 0 bridgehead atoms. The molecule has 1 aliphatic rings. The van der Waals surface area contributed by atoms with Crippen molar-refractivity contribution in [1.29, 1.82) is 0 Å². The van der Waals surface area contributed by atoms with Crippen molar-refractivity contribution in [3.63, 3.8) is 0 Å². The summed E-state index contributed by atoms with van der Waals surface area (Å²) in [6.07, 6.45) is 0. The zero-order valence-corrected chi connectivity index (χ0v) is 17.7. The van der Waals surface area contributed by atoms with Crippen LogP contribution in [0.3, 0.4) is 0 Å². The van der Waals surface area contributed by atoms with Crippen LogP contribution in [0, 0.1) is 0 Å². The third-order valence-electron chi connectivity index (χ3n) is 4.41. The first-order valence-electron chi connectivity index (χ1n) is 9.27. The van der Waals surface area contributed by atoms with E-state index in [1.54, 1.807) is 43.5 Å². The molecule has 2 amide bonds. The van der Waals surface area contributed by atoms with E-state index in [0.29, 0.717) is 51.3 Å². The van der Waals surface area contributed by atoms with Crippen LogP contribution >= 0.6 is 11.8 Å². The van der Waals surface area contributed by atoms with Gasteiger partial charge in [0.2, 0.25) is 0 Å². The third-order valence-corrected chi connectivity index (χ3v) is 5.36. The van der Waals surface area contributed by atoms with Gasteiger partial charge in [-0.2, -0.15) is 0 Å². The van der Waals surface area contributed by atoms with E-state index in [4.69, 9.17) is 14.2 Å². The summed E-state index contributed by atoms with van der Waals surface area (Å²) in [6.45, 7) is 4.23. The Kier molecular flexibility index (Phi) is 6.49. The fourth-order valence-corrected chi connectivity index (χ4v) is 4.03. The summed E-state index contributed by atoms with van der Waals surface area (Å²) in [5.74, 6) is 1.46. The van der Waals surface area contributed by atoms with E-state index in [0.717, 1.165) is 0 Å². The molecule has 152 valence electrons. The minimum Gasteiger partial charge on any atom is -0.493 e. The number of benzene rings is 2. The molecule has 29 heavy (non-hydrogen) atoms. The van der Waals surface area contributed by atoms with E-state index in [9.17, 15) is 9.59 Å². The van der Waals surface area contributed by atoms with Crippen molar-refractivity contribution < 1.29 is 23.8 Å². The SMILES string of the molecule is CCOc1ccccc1N1C(=O)C(SCC)=C(c2ccc(OC)c(OC)c2)C1=O.